The summed E-state index contributed by atoms with van der Waals surface area (Å²) in [5, 5.41) is 19.9. The third-order valence-electron chi connectivity index (χ3n) is 2.61. The van der Waals surface area contributed by atoms with E-state index in [0.717, 1.165) is 29.4 Å². The van der Waals surface area contributed by atoms with Crippen molar-refractivity contribution >= 4 is 15.9 Å². The molecule has 0 saturated heterocycles. The summed E-state index contributed by atoms with van der Waals surface area (Å²) < 4.78 is 6.52. The Morgan fingerprint density at radius 1 is 1.21 bits per heavy atom. The van der Waals surface area contributed by atoms with Crippen LogP contribution in [0.2, 0.25) is 0 Å². The molecule has 1 heterocycles. The van der Waals surface area contributed by atoms with Crippen LogP contribution in [-0.2, 0) is 6.54 Å². The fourth-order valence-electron chi connectivity index (χ4n) is 1.63. The lowest BCUT2D eigenvalue weighted by Crippen LogP contribution is -2.15. The molecule has 102 valence electrons. The number of nitrogens with zero attached hydrogens (tertiary/aromatic N) is 2. The summed E-state index contributed by atoms with van der Waals surface area (Å²) in [5.74, 6) is 1.08. The van der Waals surface area contributed by atoms with Gasteiger partial charge in [0.15, 0.2) is 0 Å². The maximum atomic E-state index is 8.66. The zero-order chi connectivity index (χ0) is 13.5. The van der Waals surface area contributed by atoms with Crippen molar-refractivity contribution in [3.05, 3.63) is 34.6 Å². The average molecular weight is 326 g/mol. The van der Waals surface area contributed by atoms with E-state index in [1.54, 1.807) is 0 Å². The first-order valence-electron chi connectivity index (χ1n) is 6.20. The van der Waals surface area contributed by atoms with E-state index in [4.69, 9.17) is 9.52 Å². The fraction of sp³-hybridized carbons (Fsp3) is 0.385. The van der Waals surface area contributed by atoms with Crippen LogP contribution < -0.4 is 5.32 Å². The largest absolute Gasteiger partial charge is 0.419 e. The minimum Gasteiger partial charge on any atom is -0.419 e. The van der Waals surface area contributed by atoms with Gasteiger partial charge in [-0.15, -0.1) is 10.2 Å². The van der Waals surface area contributed by atoms with Crippen LogP contribution in [0.25, 0.3) is 11.5 Å². The molecule has 2 rings (SSSR count). The predicted molar refractivity (Wildman–Crippen MR) is 75.5 cm³/mol. The van der Waals surface area contributed by atoms with Crippen LogP contribution in [0.4, 0.5) is 0 Å². The highest BCUT2D eigenvalue weighted by Gasteiger charge is 2.10. The lowest BCUT2D eigenvalue weighted by Gasteiger charge is -2.00. The molecule has 0 aliphatic carbocycles. The van der Waals surface area contributed by atoms with Crippen LogP contribution in [0.1, 0.15) is 18.7 Å². The zero-order valence-corrected chi connectivity index (χ0v) is 12.1. The summed E-state index contributed by atoms with van der Waals surface area (Å²) in [5.41, 5.74) is 0.890. The normalized spacial score (nSPS) is 10.8. The lowest BCUT2D eigenvalue weighted by atomic mass is 10.2. The molecule has 0 bridgehead atoms. The molecule has 0 atom stereocenters. The Balaban J connectivity index is 1.91. The summed E-state index contributed by atoms with van der Waals surface area (Å²) >= 11 is 3.46. The standard InChI is InChI=1S/C13H16BrN3O2/c14-11-6-2-1-5-10(11)13-17-16-12(19-13)9-15-7-3-4-8-18/h1-2,5-6,15,18H,3-4,7-9H2. The molecule has 0 fully saturated rings. The molecule has 1 aromatic carbocycles. The Bertz CT molecular complexity index is 516. The van der Waals surface area contributed by atoms with Gasteiger partial charge in [-0.2, -0.15) is 0 Å². The van der Waals surface area contributed by atoms with Gasteiger partial charge in [-0.1, -0.05) is 12.1 Å². The van der Waals surface area contributed by atoms with E-state index < -0.39 is 0 Å². The number of aliphatic hydroxyl groups excluding tert-OH is 1. The third kappa shape index (κ3) is 4.12. The number of aromatic nitrogens is 2. The minimum atomic E-state index is 0.231. The fourth-order valence-corrected chi connectivity index (χ4v) is 2.08. The molecule has 2 aromatic rings. The maximum Gasteiger partial charge on any atom is 0.248 e. The molecule has 1 aromatic heterocycles. The number of halogens is 1. The molecule has 0 saturated carbocycles. The molecule has 0 unspecified atom stereocenters. The SMILES string of the molecule is OCCCCNCc1nnc(-c2ccccc2Br)o1. The molecule has 2 N–H and O–H groups in total. The molecule has 6 heteroatoms. The summed E-state index contributed by atoms with van der Waals surface area (Å²) in [6, 6.07) is 7.73. The smallest absolute Gasteiger partial charge is 0.248 e. The van der Waals surface area contributed by atoms with E-state index in [1.807, 2.05) is 24.3 Å². The molecule has 5 nitrogen and oxygen atoms in total. The number of benzene rings is 1. The van der Waals surface area contributed by atoms with Crippen LogP contribution in [0, 0.1) is 0 Å². The van der Waals surface area contributed by atoms with Gasteiger partial charge < -0.3 is 14.8 Å². The number of nitrogens with one attached hydrogen (secondary N) is 1. The Morgan fingerprint density at radius 2 is 2.05 bits per heavy atom. The monoisotopic (exact) mass is 325 g/mol. The van der Waals surface area contributed by atoms with Gasteiger partial charge in [0.25, 0.3) is 0 Å². The first-order valence-corrected chi connectivity index (χ1v) is 6.99. The Morgan fingerprint density at radius 3 is 2.84 bits per heavy atom. The minimum absolute atomic E-state index is 0.231. The van der Waals surface area contributed by atoms with Crippen molar-refractivity contribution in [3.8, 4) is 11.5 Å². The predicted octanol–water partition coefficient (Wildman–Crippen LogP) is 2.36. The van der Waals surface area contributed by atoms with E-state index in [1.165, 1.54) is 0 Å². The highest BCUT2D eigenvalue weighted by atomic mass is 79.9. The van der Waals surface area contributed by atoms with Gasteiger partial charge in [-0.25, -0.2) is 0 Å². The molecule has 0 aliphatic rings. The Kier molecular flexibility index (Phi) is 5.50. The molecule has 0 radical (unpaired) electrons. The van der Waals surface area contributed by atoms with E-state index in [9.17, 15) is 0 Å². The van der Waals surface area contributed by atoms with Gasteiger partial charge in [-0.05, 0) is 47.4 Å². The molecule has 0 amide bonds. The van der Waals surface area contributed by atoms with Crippen LogP contribution in [0.3, 0.4) is 0 Å². The molecular weight excluding hydrogens is 310 g/mol. The van der Waals surface area contributed by atoms with E-state index >= 15 is 0 Å². The van der Waals surface area contributed by atoms with Gasteiger partial charge >= 0.3 is 0 Å². The quantitative estimate of drug-likeness (QED) is 0.765. The van der Waals surface area contributed by atoms with Crippen LogP contribution >= 0.6 is 15.9 Å². The highest BCUT2D eigenvalue weighted by molar-refractivity contribution is 9.10. The van der Waals surface area contributed by atoms with Crippen molar-refractivity contribution in [3.63, 3.8) is 0 Å². The zero-order valence-electron chi connectivity index (χ0n) is 10.5. The molecular formula is C13H16BrN3O2. The summed E-state index contributed by atoms with van der Waals surface area (Å²) in [7, 11) is 0. The van der Waals surface area contributed by atoms with Crippen molar-refractivity contribution in [2.45, 2.75) is 19.4 Å². The van der Waals surface area contributed by atoms with Gasteiger partial charge in [-0.3, -0.25) is 0 Å². The molecule has 19 heavy (non-hydrogen) atoms. The number of hydrogen-bond acceptors (Lipinski definition) is 5. The average Bonchev–Trinajstić information content (AvgIpc) is 2.88. The summed E-state index contributed by atoms with van der Waals surface area (Å²) in [4.78, 5) is 0. The number of rotatable bonds is 7. The van der Waals surface area contributed by atoms with Crippen LogP contribution in [0.15, 0.2) is 33.2 Å². The second-order valence-electron chi connectivity index (χ2n) is 4.09. The number of unbranched alkanes of at least 4 members (excludes halogenated alkanes) is 1. The van der Waals surface area contributed by atoms with Crippen molar-refractivity contribution in [1.29, 1.82) is 0 Å². The Labute approximate surface area is 120 Å². The second kappa shape index (κ2) is 7.37. The first kappa shape index (κ1) is 14.2. The summed E-state index contributed by atoms with van der Waals surface area (Å²) in [6.45, 7) is 1.60. The third-order valence-corrected chi connectivity index (χ3v) is 3.30. The van der Waals surface area contributed by atoms with Crippen LogP contribution in [-0.4, -0.2) is 28.5 Å². The van der Waals surface area contributed by atoms with E-state index in [2.05, 4.69) is 31.4 Å². The lowest BCUT2D eigenvalue weighted by molar-refractivity contribution is 0.283. The first-order chi connectivity index (χ1) is 9.31. The van der Waals surface area contributed by atoms with Gasteiger partial charge in [0.2, 0.25) is 11.8 Å². The van der Waals surface area contributed by atoms with E-state index in [0.29, 0.717) is 18.3 Å². The van der Waals surface area contributed by atoms with Gasteiger partial charge in [0.05, 0.1) is 12.1 Å². The molecule has 0 aliphatic heterocycles. The van der Waals surface area contributed by atoms with Gasteiger partial charge in [0.1, 0.15) is 0 Å². The highest BCUT2D eigenvalue weighted by Crippen LogP contribution is 2.26. The van der Waals surface area contributed by atoms with Crippen molar-refractivity contribution in [1.82, 2.24) is 15.5 Å². The maximum absolute atomic E-state index is 8.66. The Hall–Kier alpha value is -1.24. The number of aliphatic hydroxyl groups is 1. The van der Waals surface area contributed by atoms with Crippen molar-refractivity contribution in [2.24, 2.45) is 0 Å². The summed E-state index contributed by atoms with van der Waals surface area (Å²) in [6.07, 6.45) is 1.74. The number of hydrogen-bond donors (Lipinski definition) is 2. The molecule has 0 spiro atoms. The van der Waals surface area contributed by atoms with Crippen molar-refractivity contribution in [2.75, 3.05) is 13.2 Å². The van der Waals surface area contributed by atoms with Crippen molar-refractivity contribution < 1.29 is 9.52 Å². The van der Waals surface area contributed by atoms with Gasteiger partial charge in [0, 0.05) is 11.1 Å². The van der Waals surface area contributed by atoms with Crippen LogP contribution in [0.5, 0.6) is 0 Å². The second-order valence-corrected chi connectivity index (χ2v) is 4.94. The van der Waals surface area contributed by atoms with E-state index in [-0.39, 0.29) is 6.61 Å². The topological polar surface area (TPSA) is 71.2 Å².